The van der Waals surface area contributed by atoms with Crippen molar-refractivity contribution < 1.29 is 14.3 Å². The first-order valence-corrected chi connectivity index (χ1v) is 9.05. The highest BCUT2D eigenvalue weighted by molar-refractivity contribution is 5.78. The summed E-state index contributed by atoms with van der Waals surface area (Å²) in [6.45, 7) is 4.23. The maximum Gasteiger partial charge on any atom is 0.260 e. The fourth-order valence-corrected chi connectivity index (χ4v) is 3.73. The van der Waals surface area contributed by atoms with Crippen LogP contribution in [0.2, 0.25) is 0 Å². The van der Waals surface area contributed by atoms with Gasteiger partial charge in [0, 0.05) is 19.1 Å². The monoisotopic (exact) mass is 332 g/mol. The van der Waals surface area contributed by atoms with E-state index < -0.39 is 0 Å². The van der Waals surface area contributed by atoms with Gasteiger partial charge in [0.05, 0.1) is 7.11 Å². The zero-order chi connectivity index (χ0) is 16.8. The van der Waals surface area contributed by atoms with Crippen LogP contribution in [-0.4, -0.2) is 61.6 Å². The second-order valence-corrected chi connectivity index (χ2v) is 6.65. The van der Waals surface area contributed by atoms with E-state index in [1.165, 1.54) is 32.4 Å². The van der Waals surface area contributed by atoms with Gasteiger partial charge in [0.2, 0.25) is 0 Å². The molecule has 2 saturated heterocycles. The molecule has 0 radical (unpaired) electrons. The van der Waals surface area contributed by atoms with E-state index in [2.05, 4.69) is 4.90 Å². The predicted molar refractivity (Wildman–Crippen MR) is 93.5 cm³/mol. The van der Waals surface area contributed by atoms with Gasteiger partial charge < -0.3 is 19.3 Å². The summed E-state index contributed by atoms with van der Waals surface area (Å²) in [7, 11) is 1.61. The molecule has 0 aromatic heterocycles. The molecule has 0 bridgehead atoms. The van der Waals surface area contributed by atoms with Crippen LogP contribution in [0, 0.1) is 0 Å². The molecule has 5 heteroatoms. The highest BCUT2D eigenvalue weighted by Crippen LogP contribution is 2.26. The Bertz CT molecular complexity index is 535. The third-order valence-corrected chi connectivity index (χ3v) is 5.14. The molecule has 0 spiro atoms. The molecule has 0 unspecified atom stereocenters. The summed E-state index contributed by atoms with van der Waals surface area (Å²) >= 11 is 0. The minimum Gasteiger partial charge on any atom is -0.493 e. The summed E-state index contributed by atoms with van der Waals surface area (Å²) in [4.78, 5) is 17.0. The molecule has 1 amide bonds. The number of carbonyl (C=O) groups is 1. The van der Waals surface area contributed by atoms with Crippen LogP contribution < -0.4 is 9.47 Å². The van der Waals surface area contributed by atoms with Gasteiger partial charge in [-0.1, -0.05) is 18.6 Å². The number of hydrogen-bond acceptors (Lipinski definition) is 4. The Balaban J connectivity index is 1.45. The van der Waals surface area contributed by atoms with Crippen LogP contribution in [0.1, 0.15) is 32.1 Å². The van der Waals surface area contributed by atoms with Gasteiger partial charge in [-0.25, -0.2) is 0 Å². The van der Waals surface area contributed by atoms with Gasteiger partial charge in [-0.15, -0.1) is 0 Å². The fraction of sp³-hybridized carbons (Fsp3) is 0.632. The summed E-state index contributed by atoms with van der Waals surface area (Å²) in [5.41, 5.74) is 0. The van der Waals surface area contributed by atoms with Gasteiger partial charge in [0.25, 0.3) is 5.91 Å². The number of para-hydroxylation sites is 2. The van der Waals surface area contributed by atoms with Crippen molar-refractivity contribution in [1.29, 1.82) is 0 Å². The van der Waals surface area contributed by atoms with Crippen LogP contribution in [0.5, 0.6) is 11.5 Å². The molecular weight excluding hydrogens is 304 g/mol. The lowest BCUT2D eigenvalue weighted by atomic mass is 10.00. The van der Waals surface area contributed by atoms with Crippen molar-refractivity contribution in [1.82, 2.24) is 9.80 Å². The first kappa shape index (κ1) is 17.1. The van der Waals surface area contributed by atoms with Crippen LogP contribution in [0.4, 0.5) is 0 Å². The molecule has 2 aliphatic heterocycles. The molecule has 5 nitrogen and oxygen atoms in total. The summed E-state index contributed by atoms with van der Waals surface area (Å²) in [5, 5.41) is 0. The molecule has 2 fully saturated rings. The smallest absolute Gasteiger partial charge is 0.260 e. The number of benzene rings is 1. The van der Waals surface area contributed by atoms with Crippen LogP contribution >= 0.6 is 0 Å². The summed E-state index contributed by atoms with van der Waals surface area (Å²) < 4.78 is 10.9. The molecule has 1 aromatic rings. The van der Waals surface area contributed by atoms with Crippen molar-refractivity contribution in [2.24, 2.45) is 0 Å². The second-order valence-electron chi connectivity index (χ2n) is 6.65. The molecule has 2 heterocycles. The molecular formula is C19H28N2O3. The predicted octanol–water partition coefficient (Wildman–Crippen LogP) is 2.55. The molecule has 0 aliphatic carbocycles. The summed E-state index contributed by atoms with van der Waals surface area (Å²) in [6.07, 6.45) is 6.19. The van der Waals surface area contributed by atoms with Gasteiger partial charge in [-0.2, -0.15) is 0 Å². The van der Waals surface area contributed by atoms with Gasteiger partial charge in [0.1, 0.15) is 0 Å². The molecule has 3 rings (SSSR count). The van der Waals surface area contributed by atoms with E-state index in [0.717, 1.165) is 25.9 Å². The Morgan fingerprint density at radius 1 is 1.04 bits per heavy atom. The van der Waals surface area contributed by atoms with E-state index in [9.17, 15) is 4.79 Å². The van der Waals surface area contributed by atoms with Crippen LogP contribution in [-0.2, 0) is 4.79 Å². The molecule has 132 valence electrons. The fourth-order valence-electron chi connectivity index (χ4n) is 3.73. The molecule has 24 heavy (non-hydrogen) atoms. The largest absolute Gasteiger partial charge is 0.493 e. The topological polar surface area (TPSA) is 42.0 Å². The van der Waals surface area contributed by atoms with E-state index in [0.29, 0.717) is 17.5 Å². The van der Waals surface area contributed by atoms with Gasteiger partial charge in [0.15, 0.2) is 18.1 Å². The van der Waals surface area contributed by atoms with Crippen molar-refractivity contribution in [3.05, 3.63) is 24.3 Å². The lowest BCUT2D eigenvalue weighted by Crippen LogP contribution is -2.49. The number of rotatable bonds is 5. The number of amides is 1. The number of nitrogens with zero attached hydrogens (tertiary/aromatic N) is 2. The SMILES string of the molecule is COc1ccccc1OCC(=O)N1CCC(N2CCCCC2)CC1. The average Bonchev–Trinajstić information content (AvgIpc) is 2.67. The van der Waals surface area contributed by atoms with Gasteiger partial charge in [-0.05, 0) is 50.9 Å². The standard InChI is InChI=1S/C19H28N2O3/c1-23-17-7-3-4-8-18(17)24-15-19(22)21-13-9-16(10-14-21)20-11-5-2-6-12-20/h3-4,7-8,16H,2,5-6,9-15H2,1H3. The minimum atomic E-state index is 0.0676. The first-order chi connectivity index (χ1) is 11.8. The maximum atomic E-state index is 12.4. The van der Waals surface area contributed by atoms with E-state index in [-0.39, 0.29) is 12.5 Å². The van der Waals surface area contributed by atoms with Crippen molar-refractivity contribution in [3.63, 3.8) is 0 Å². The Labute approximate surface area is 144 Å². The van der Waals surface area contributed by atoms with E-state index >= 15 is 0 Å². The van der Waals surface area contributed by atoms with Crippen molar-refractivity contribution in [3.8, 4) is 11.5 Å². The molecule has 2 aliphatic rings. The number of ether oxygens (including phenoxy) is 2. The zero-order valence-electron chi connectivity index (χ0n) is 14.6. The molecule has 0 saturated carbocycles. The number of piperidine rings is 2. The molecule has 0 N–H and O–H groups in total. The van der Waals surface area contributed by atoms with E-state index in [4.69, 9.17) is 9.47 Å². The van der Waals surface area contributed by atoms with Crippen LogP contribution in [0.25, 0.3) is 0 Å². The second kappa shape index (κ2) is 8.38. The lowest BCUT2D eigenvalue weighted by Gasteiger charge is -2.40. The number of hydrogen-bond donors (Lipinski definition) is 0. The average molecular weight is 332 g/mol. The third kappa shape index (κ3) is 4.20. The van der Waals surface area contributed by atoms with Crippen LogP contribution in [0.15, 0.2) is 24.3 Å². The zero-order valence-corrected chi connectivity index (χ0v) is 14.6. The highest BCUT2D eigenvalue weighted by atomic mass is 16.5. The third-order valence-electron chi connectivity index (χ3n) is 5.14. The van der Waals surface area contributed by atoms with E-state index in [1.54, 1.807) is 7.11 Å². The first-order valence-electron chi connectivity index (χ1n) is 9.05. The van der Waals surface area contributed by atoms with Crippen LogP contribution in [0.3, 0.4) is 0 Å². The van der Waals surface area contributed by atoms with Crippen molar-refractivity contribution in [2.45, 2.75) is 38.1 Å². The quantitative estimate of drug-likeness (QED) is 0.831. The normalized spacial score (nSPS) is 20.0. The number of carbonyl (C=O) groups excluding carboxylic acids is 1. The Morgan fingerprint density at radius 3 is 2.38 bits per heavy atom. The lowest BCUT2D eigenvalue weighted by molar-refractivity contribution is -0.135. The number of likely N-dealkylation sites (tertiary alicyclic amines) is 2. The van der Waals surface area contributed by atoms with E-state index in [1.807, 2.05) is 29.2 Å². The maximum absolute atomic E-state index is 12.4. The summed E-state index contributed by atoms with van der Waals surface area (Å²) in [5.74, 6) is 1.35. The Morgan fingerprint density at radius 2 is 1.71 bits per heavy atom. The minimum absolute atomic E-state index is 0.0676. The van der Waals surface area contributed by atoms with Gasteiger partial charge >= 0.3 is 0 Å². The Kier molecular flexibility index (Phi) is 5.96. The highest BCUT2D eigenvalue weighted by Gasteiger charge is 2.27. The van der Waals surface area contributed by atoms with Gasteiger partial charge in [-0.3, -0.25) is 4.79 Å². The molecule has 0 atom stereocenters. The summed E-state index contributed by atoms with van der Waals surface area (Å²) in [6, 6.07) is 8.09. The van der Waals surface area contributed by atoms with Crippen molar-refractivity contribution >= 4 is 5.91 Å². The number of methoxy groups -OCH3 is 1. The Hall–Kier alpha value is -1.75. The molecule has 1 aromatic carbocycles. The van der Waals surface area contributed by atoms with Crippen molar-refractivity contribution in [2.75, 3.05) is 39.9 Å².